The maximum absolute atomic E-state index is 12.3. The van der Waals surface area contributed by atoms with Crippen LogP contribution in [0.25, 0.3) is 0 Å². The minimum Gasteiger partial charge on any atom is -0.316 e. The Bertz CT molecular complexity index is 432. The van der Waals surface area contributed by atoms with Crippen molar-refractivity contribution in [2.75, 3.05) is 0 Å². The number of pyridine rings is 1. The summed E-state index contributed by atoms with van der Waals surface area (Å²) in [4.78, 5) is 23.8. The smallest absolute Gasteiger partial charge is 0.269 e. The molecule has 0 aromatic carbocycles. The molecule has 0 aliphatic carbocycles. The molecule has 0 radical (unpaired) electrons. The third kappa shape index (κ3) is 2.19. The van der Waals surface area contributed by atoms with E-state index in [0.29, 0.717) is 0 Å². The fourth-order valence-electron chi connectivity index (χ4n) is 0.918. The molecule has 1 N–H and O–H groups in total. The fraction of sp³-hybridized carbons (Fsp3) is 0.143. The van der Waals surface area contributed by atoms with Gasteiger partial charge in [0.25, 0.3) is 17.2 Å². The minimum absolute atomic E-state index is 0.121. The van der Waals surface area contributed by atoms with Crippen LogP contribution in [-0.2, 0) is 0 Å². The first-order valence-corrected chi connectivity index (χ1v) is 4.51. The second kappa shape index (κ2) is 4.18. The van der Waals surface area contributed by atoms with Crippen LogP contribution < -0.4 is 5.56 Å². The standard InChI is InChI=1S/C7H3BrClF2NO2/c8-3-1-2(5(9)13)4(6(10)11)7(14)12-3/h1,6H,(H,12,14). The molecule has 0 bridgehead atoms. The maximum atomic E-state index is 12.3. The summed E-state index contributed by atoms with van der Waals surface area (Å²) >= 11 is 7.90. The van der Waals surface area contributed by atoms with Gasteiger partial charge in [-0.2, -0.15) is 0 Å². The van der Waals surface area contributed by atoms with Gasteiger partial charge in [-0.3, -0.25) is 9.59 Å². The molecule has 1 aromatic heterocycles. The van der Waals surface area contributed by atoms with Crippen LogP contribution in [0.15, 0.2) is 15.5 Å². The fourth-order valence-corrected chi connectivity index (χ4v) is 1.48. The van der Waals surface area contributed by atoms with E-state index in [0.717, 1.165) is 6.07 Å². The lowest BCUT2D eigenvalue weighted by molar-refractivity contribution is 0.106. The van der Waals surface area contributed by atoms with Crippen molar-refractivity contribution in [2.24, 2.45) is 0 Å². The van der Waals surface area contributed by atoms with Crippen molar-refractivity contribution in [1.29, 1.82) is 0 Å². The van der Waals surface area contributed by atoms with Crippen molar-refractivity contribution in [3.8, 4) is 0 Å². The van der Waals surface area contributed by atoms with Gasteiger partial charge in [-0.1, -0.05) is 0 Å². The number of halogens is 4. The molecule has 0 spiro atoms. The van der Waals surface area contributed by atoms with E-state index in [1.54, 1.807) is 0 Å². The summed E-state index contributed by atoms with van der Waals surface area (Å²) in [6.45, 7) is 0. The van der Waals surface area contributed by atoms with Gasteiger partial charge < -0.3 is 4.98 Å². The van der Waals surface area contributed by atoms with Gasteiger partial charge in [-0.15, -0.1) is 0 Å². The molecule has 7 heteroatoms. The van der Waals surface area contributed by atoms with Crippen molar-refractivity contribution in [1.82, 2.24) is 4.98 Å². The number of rotatable bonds is 2. The molecule has 0 aliphatic rings. The normalized spacial score (nSPS) is 10.6. The van der Waals surface area contributed by atoms with Crippen LogP contribution in [0.4, 0.5) is 8.78 Å². The van der Waals surface area contributed by atoms with Gasteiger partial charge in [-0.05, 0) is 33.6 Å². The Morgan fingerprint density at radius 3 is 2.57 bits per heavy atom. The van der Waals surface area contributed by atoms with Crippen molar-refractivity contribution < 1.29 is 13.6 Å². The SMILES string of the molecule is O=C(Cl)c1cc(Br)[nH]c(=O)c1C(F)F. The Kier molecular flexibility index (Phi) is 3.38. The first-order valence-electron chi connectivity index (χ1n) is 3.34. The predicted octanol–water partition coefficient (Wildman–Crippen LogP) is 2.45. The molecule has 3 nitrogen and oxygen atoms in total. The molecule has 1 heterocycles. The number of hydrogen-bond donors (Lipinski definition) is 1. The van der Waals surface area contributed by atoms with E-state index in [1.165, 1.54) is 0 Å². The molecular weight excluding hydrogens is 283 g/mol. The predicted molar refractivity (Wildman–Crippen MR) is 49.9 cm³/mol. The van der Waals surface area contributed by atoms with Gasteiger partial charge >= 0.3 is 0 Å². The van der Waals surface area contributed by atoms with E-state index in [-0.39, 0.29) is 4.60 Å². The van der Waals surface area contributed by atoms with Crippen LogP contribution in [0, 0.1) is 0 Å². The summed E-state index contributed by atoms with van der Waals surface area (Å²) < 4.78 is 24.8. The Morgan fingerprint density at radius 2 is 2.14 bits per heavy atom. The lowest BCUT2D eigenvalue weighted by atomic mass is 10.1. The minimum atomic E-state index is -3.04. The molecule has 0 saturated carbocycles. The zero-order valence-electron chi connectivity index (χ0n) is 6.48. The highest BCUT2D eigenvalue weighted by molar-refractivity contribution is 9.10. The van der Waals surface area contributed by atoms with E-state index < -0.39 is 28.4 Å². The average molecular weight is 286 g/mol. The molecule has 0 fully saturated rings. The molecule has 0 amide bonds. The highest BCUT2D eigenvalue weighted by atomic mass is 79.9. The summed E-state index contributed by atoms with van der Waals surface area (Å²) in [5.41, 5.74) is -2.43. The maximum Gasteiger partial charge on any atom is 0.269 e. The second-order valence-electron chi connectivity index (χ2n) is 2.35. The number of carbonyl (C=O) groups is 1. The number of aromatic nitrogens is 1. The third-order valence-corrected chi connectivity index (χ3v) is 2.10. The highest BCUT2D eigenvalue weighted by Crippen LogP contribution is 2.22. The summed E-state index contributed by atoms with van der Waals surface area (Å²) in [5, 5.41) is -1.09. The summed E-state index contributed by atoms with van der Waals surface area (Å²) in [5.74, 6) is 0. The first kappa shape index (κ1) is 11.3. The molecule has 0 aliphatic heterocycles. The van der Waals surface area contributed by atoms with Crippen LogP contribution in [-0.4, -0.2) is 10.2 Å². The largest absolute Gasteiger partial charge is 0.316 e. The van der Waals surface area contributed by atoms with Gasteiger partial charge in [0.2, 0.25) is 0 Å². The van der Waals surface area contributed by atoms with E-state index in [9.17, 15) is 18.4 Å². The lowest BCUT2D eigenvalue weighted by Crippen LogP contribution is -2.17. The summed E-state index contributed by atoms with van der Waals surface area (Å²) in [6, 6.07) is 1.04. The average Bonchev–Trinajstić information content (AvgIpc) is 2.01. The van der Waals surface area contributed by atoms with Gasteiger partial charge in [0.15, 0.2) is 0 Å². The number of H-pyrrole nitrogens is 1. The van der Waals surface area contributed by atoms with Gasteiger partial charge in [0.05, 0.1) is 15.7 Å². The van der Waals surface area contributed by atoms with E-state index >= 15 is 0 Å². The Hall–Kier alpha value is -0.750. The van der Waals surface area contributed by atoms with E-state index in [2.05, 4.69) is 20.9 Å². The van der Waals surface area contributed by atoms with Crippen LogP contribution in [0.2, 0.25) is 0 Å². The van der Waals surface area contributed by atoms with Gasteiger partial charge in [-0.25, -0.2) is 8.78 Å². The quantitative estimate of drug-likeness (QED) is 0.670. The van der Waals surface area contributed by atoms with Crippen molar-refractivity contribution in [3.63, 3.8) is 0 Å². The Labute approximate surface area is 90.2 Å². The van der Waals surface area contributed by atoms with Crippen molar-refractivity contribution in [2.45, 2.75) is 6.43 Å². The summed E-state index contributed by atoms with van der Waals surface area (Å²) in [6.07, 6.45) is -3.04. The molecular formula is C7H3BrClF2NO2. The molecule has 1 rings (SSSR count). The Balaban J connectivity index is 3.53. The van der Waals surface area contributed by atoms with Crippen LogP contribution in [0.3, 0.4) is 0 Å². The first-order chi connectivity index (χ1) is 6.43. The number of aromatic amines is 1. The van der Waals surface area contributed by atoms with Crippen molar-refractivity contribution >= 4 is 32.8 Å². The number of alkyl halides is 2. The van der Waals surface area contributed by atoms with E-state index in [1.807, 2.05) is 0 Å². The third-order valence-electron chi connectivity index (χ3n) is 1.47. The number of hydrogen-bond acceptors (Lipinski definition) is 2. The highest BCUT2D eigenvalue weighted by Gasteiger charge is 2.21. The zero-order valence-corrected chi connectivity index (χ0v) is 8.82. The monoisotopic (exact) mass is 285 g/mol. The zero-order chi connectivity index (χ0) is 10.9. The van der Waals surface area contributed by atoms with Crippen LogP contribution >= 0.6 is 27.5 Å². The topological polar surface area (TPSA) is 49.9 Å². The molecule has 76 valence electrons. The van der Waals surface area contributed by atoms with E-state index in [4.69, 9.17) is 11.6 Å². The van der Waals surface area contributed by atoms with Gasteiger partial charge in [0, 0.05) is 0 Å². The molecule has 0 unspecified atom stereocenters. The number of carbonyl (C=O) groups excluding carboxylic acids is 1. The Morgan fingerprint density at radius 1 is 1.57 bits per heavy atom. The summed E-state index contributed by atoms with van der Waals surface area (Å²) in [7, 11) is 0. The molecule has 0 atom stereocenters. The number of nitrogens with one attached hydrogen (secondary N) is 1. The molecule has 14 heavy (non-hydrogen) atoms. The molecule has 1 aromatic rings. The van der Waals surface area contributed by atoms with Crippen LogP contribution in [0.5, 0.6) is 0 Å². The second-order valence-corrected chi connectivity index (χ2v) is 3.55. The van der Waals surface area contributed by atoms with Crippen LogP contribution in [0.1, 0.15) is 22.3 Å². The lowest BCUT2D eigenvalue weighted by Gasteiger charge is -2.03. The van der Waals surface area contributed by atoms with Gasteiger partial charge in [0.1, 0.15) is 0 Å². The molecule has 0 saturated heterocycles. The van der Waals surface area contributed by atoms with Crippen molar-refractivity contribution in [3.05, 3.63) is 32.2 Å².